The number of halogens is 3. The van der Waals surface area contributed by atoms with E-state index in [9.17, 15) is 13.9 Å². The molecule has 1 N–H and O–H groups in total. The molecule has 6 heteroatoms. The van der Waals surface area contributed by atoms with E-state index in [0.29, 0.717) is 12.0 Å². The van der Waals surface area contributed by atoms with Gasteiger partial charge in [0, 0.05) is 21.2 Å². The lowest BCUT2D eigenvalue weighted by molar-refractivity contribution is -0.0499. The molecule has 0 radical (unpaired) electrons. The van der Waals surface area contributed by atoms with Crippen LogP contribution in [-0.2, 0) is 6.42 Å². The number of aliphatic hydroxyl groups excluding tert-OH is 1. The number of aliphatic hydroxyl groups is 1. The zero-order valence-electron chi connectivity index (χ0n) is 9.72. The van der Waals surface area contributed by atoms with Crippen LogP contribution in [0.25, 0.3) is 0 Å². The monoisotopic (exact) mass is 348 g/mol. The number of rotatable bonds is 5. The van der Waals surface area contributed by atoms with Gasteiger partial charge in [0.2, 0.25) is 0 Å². The van der Waals surface area contributed by atoms with Crippen molar-refractivity contribution in [2.45, 2.75) is 19.1 Å². The Morgan fingerprint density at radius 2 is 2.11 bits per heavy atom. The van der Waals surface area contributed by atoms with Crippen molar-refractivity contribution in [3.63, 3.8) is 0 Å². The molecule has 0 aliphatic carbocycles. The van der Waals surface area contributed by atoms with Crippen molar-refractivity contribution < 1.29 is 18.6 Å². The highest BCUT2D eigenvalue weighted by molar-refractivity contribution is 9.10. The van der Waals surface area contributed by atoms with Crippen molar-refractivity contribution in [2.24, 2.45) is 0 Å². The largest absolute Gasteiger partial charge is 0.435 e. The Hall–Kier alpha value is -0.980. The van der Waals surface area contributed by atoms with Crippen LogP contribution < -0.4 is 4.74 Å². The number of thiophene rings is 1. The first kappa shape index (κ1) is 14.4. The van der Waals surface area contributed by atoms with Gasteiger partial charge in [-0.15, -0.1) is 11.3 Å². The molecule has 2 nitrogen and oxygen atoms in total. The third-order valence-corrected chi connectivity index (χ3v) is 4.20. The zero-order valence-corrected chi connectivity index (χ0v) is 12.1. The lowest BCUT2D eigenvalue weighted by Crippen LogP contribution is -2.04. The van der Waals surface area contributed by atoms with Gasteiger partial charge < -0.3 is 9.84 Å². The summed E-state index contributed by atoms with van der Waals surface area (Å²) in [5, 5.41) is 12.0. The van der Waals surface area contributed by atoms with Crippen molar-refractivity contribution in [1.82, 2.24) is 0 Å². The van der Waals surface area contributed by atoms with Gasteiger partial charge in [-0.25, -0.2) is 0 Å². The number of alkyl halides is 2. The van der Waals surface area contributed by atoms with Crippen LogP contribution in [0.2, 0.25) is 0 Å². The van der Waals surface area contributed by atoms with E-state index in [0.717, 1.165) is 9.35 Å². The standard InChI is InChI=1S/C13H11BrF2O2S/c14-9-5-11(19-7-9)6-12(17)8-2-1-3-10(4-8)18-13(15)16/h1-5,7,12-13,17H,6H2. The maximum Gasteiger partial charge on any atom is 0.387 e. The molecule has 0 amide bonds. The van der Waals surface area contributed by atoms with Crippen LogP contribution >= 0.6 is 27.3 Å². The van der Waals surface area contributed by atoms with E-state index in [4.69, 9.17) is 0 Å². The number of ether oxygens (including phenoxy) is 1. The van der Waals surface area contributed by atoms with Gasteiger partial charge in [0.05, 0.1) is 6.10 Å². The number of hydrogen-bond acceptors (Lipinski definition) is 3. The van der Waals surface area contributed by atoms with Gasteiger partial charge in [0.25, 0.3) is 0 Å². The summed E-state index contributed by atoms with van der Waals surface area (Å²) >= 11 is 4.87. The molecule has 1 heterocycles. The molecule has 1 unspecified atom stereocenters. The topological polar surface area (TPSA) is 29.5 Å². The highest BCUT2D eigenvalue weighted by atomic mass is 79.9. The lowest BCUT2D eigenvalue weighted by atomic mass is 10.1. The summed E-state index contributed by atoms with van der Waals surface area (Å²) in [6.07, 6.45) is -0.305. The molecule has 1 aromatic carbocycles. The van der Waals surface area contributed by atoms with Crippen molar-refractivity contribution >= 4 is 27.3 Å². The molecular formula is C13H11BrF2O2S. The molecule has 0 saturated heterocycles. The van der Waals surface area contributed by atoms with Gasteiger partial charge in [-0.3, -0.25) is 0 Å². The molecule has 0 fully saturated rings. The Morgan fingerprint density at radius 3 is 2.74 bits per heavy atom. The summed E-state index contributed by atoms with van der Waals surface area (Å²) in [7, 11) is 0. The first-order chi connectivity index (χ1) is 9.04. The van der Waals surface area contributed by atoms with Crippen LogP contribution in [0.1, 0.15) is 16.5 Å². The third-order valence-electron chi connectivity index (χ3n) is 2.48. The maximum absolute atomic E-state index is 12.1. The van der Waals surface area contributed by atoms with Crippen LogP contribution in [0.3, 0.4) is 0 Å². The second-order valence-corrected chi connectivity index (χ2v) is 5.81. The minimum Gasteiger partial charge on any atom is -0.435 e. The lowest BCUT2D eigenvalue weighted by Gasteiger charge is -2.11. The summed E-state index contributed by atoms with van der Waals surface area (Å²) in [4.78, 5) is 1.01. The molecule has 1 aromatic heterocycles. The summed E-state index contributed by atoms with van der Waals surface area (Å²) in [5.41, 5.74) is 0.558. The zero-order chi connectivity index (χ0) is 13.8. The average molecular weight is 349 g/mol. The minimum atomic E-state index is -2.86. The van der Waals surface area contributed by atoms with Gasteiger partial charge in [-0.05, 0) is 39.7 Å². The van der Waals surface area contributed by atoms with Crippen LogP contribution in [0, 0.1) is 0 Å². The predicted molar refractivity (Wildman–Crippen MR) is 73.8 cm³/mol. The molecule has 0 spiro atoms. The maximum atomic E-state index is 12.1. The first-order valence-electron chi connectivity index (χ1n) is 5.50. The second-order valence-electron chi connectivity index (χ2n) is 3.90. The molecular weight excluding hydrogens is 338 g/mol. The van der Waals surface area contributed by atoms with E-state index >= 15 is 0 Å². The van der Waals surface area contributed by atoms with Crippen molar-refractivity contribution in [1.29, 1.82) is 0 Å². The molecule has 102 valence electrons. The van der Waals surface area contributed by atoms with Gasteiger partial charge >= 0.3 is 6.61 Å². The fourth-order valence-corrected chi connectivity index (χ4v) is 3.16. The van der Waals surface area contributed by atoms with Crippen LogP contribution in [0.15, 0.2) is 40.2 Å². The second kappa shape index (κ2) is 6.45. The predicted octanol–water partition coefficient (Wildman–Crippen LogP) is 4.39. The smallest absolute Gasteiger partial charge is 0.387 e. The molecule has 0 saturated carbocycles. The molecule has 0 bridgehead atoms. The molecule has 2 aromatic rings. The molecule has 2 rings (SSSR count). The highest BCUT2D eigenvalue weighted by Crippen LogP contribution is 2.27. The fraction of sp³-hybridized carbons (Fsp3) is 0.231. The van der Waals surface area contributed by atoms with E-state index in [2.05, 4.69) is 20.7 Å². The average Bonchev–Trinajstić information content (AvgIpc) is 2.74. The number of hydrogen-bond donors (Lipinski definition) is 1. The van der Waals surface area contributed by atoms with Gasteiger partial charge in [-0.2, -0.15) is 8.78 Å². The van der Waals surface area contributed by atoms with Crippen LogP contribution in [0.4, 0.5) is 8.78 Å². The molecule has 1 atom stereocenters. The Bertz CT molecular complexity index is 545. The fourth-order valence-electron chi connectivity index (χ4n) is 1.67. The van der Waals surface area contributed by atoms with Crippen LogP contribution in [-0.4, -0.2) is 11.7 Å². The Morgan fingerprint density at radius 1 is 1.32 bits per heavy atom. The van der Waals surface area contributed by atoms with Crippen molar-refractivity contribution in [3.8, 4) is 5.75 Å². The summed E-state index contributed by atoms with van der Waals surface area (Å²) in [6.45, 7) is -2.86. The van der Waals surface area contributed by atoms with E-state index in [1.54, 1.807) is 12.1 Å². The Kier molecular flexibility index (Phi) is 4.90. The van der Waals surface area contributed by atoms with Gasteiger partial charge in [0.15, 0.2) is 0 Å². The number of benzene rings is 1. The summed E-state index contributed by atoms with van der Waals surface area (Å²) in [6, 6.07) is 8.06. The molecule has 0 aliphatic heterocycles. The highest BCUT2D eigenvalue weighted by Gasteiger charge is 2.12. The Balaban J connectivity index is 2.08. The minimum absolute atomic E-state index is 0.0545. The van der Waals surface area contributed by atoms with Crippen molar-refractivity contribution in [2.75, 3.05) is 0 Å². The third kappa shape index (κ3) is 4.26. The first-order valence-corrected chi connectivity index (χ1v) is 7.17. The summed E-state index contributed by atoms with van der Waals surface area (Å²) < 4.78 is 29.5. The van der Waals surface area contributed by atoms with Gasteiger partial charge in [-0.1, -0.05) is 12.1 Å². The van der Waals surface area contributed by atoms with E-state index < -0.39 is 12.7 Å². The van der Waals surface area contributed by atoms with E-state index in [-0.39, 0.29) is 5.75 Å². The van der Waals surface area contributed by atoms with E-state index in [1.807, 2.05) is 11.4 Å². The van der Waals surface area contributed by atoms with Crippen LogP contribution in [0.5, 0.6) is 5.75 Å². The van der Waals surface area contributed by atoms with Gasteiger partial charge in [0.1, 0.15) is 5.75 Å². The molecule has 0 aliphatic rings. The van der Waals surface area contributed by atoms with Crippen molar-refractivity contribution in [3.05, 3.63) is 50.6 Å². The SMILES string of the molecule is OC(Cc1cc(Br)cs1)c1cccc(OC(F)F)c1. The summed E-state index contributed by atoms with van der Waals surface area (Å²) in [5.74, 6) is 0.0545. The normalized spacial score (nSPS) is 12.7. The van der Waals surface area contributed by atoms with E-state index in [1.165, 1.54) is 23.5 Å². The quantitative estimate of drug-likeness (QED) is 0.868. The molecule has 19 heavy (non-hydrogen) atoms. The Labute approximate surface area is 121 Å².